The summed E-state index contributed by atoms with van der Waals surface area (Å²) >= 11 is 0. The van der Waals surface area contributed by atoms with Crippen LogP contribution >= 0.6 is 20.7 Å². The van der Waals surface area contributed by atoms with Gasteiger partial charge in [0.15, 0.2) is 0 Å². The molecule has 0 unspecified atom stereocenters. The molecular formula is C9H8N2OS2. The van der Waals surface area contributed by atoms with Crippen LogP contribution in [0.3, 0.4) is 0 Å². The molecule has 5 heteroatoms. The van der Waals surface area contributed by atoms with Gasteiger partial charge in [-0.15, -0.1) is 0 Å². The normalized spacial score (nSPS) is 10.1. The average Bonchev–Trinajstić information content (AvgIpc) is 2.65. The number of hydrogen-bond donors (Lipinski definition) is 0. The minimum atomic E-state index is -0.132. The van der Waals surface area contributed by atoms with Crippen LogP contribution < -0.4 is 9.77 Å². The Hall–Kier alpha value is -1.20. The van der Waals surface area contributed by atoms with Gasteiger partial charge >= 0.3 is 4.87 Å². The van der Waals surface area contributed by atoms with Gasteiger partial charge in [-0.2, -0.15) is 4.98 Å². The Morgan fingerprint density at radius 3 is 2.50 bits per heavy atom. The molecule has 0 saturated carbocycles. The number of hydrogen-bond acceptors (Lipinski definition) is 5. The monoisotopic (exact) mass is 224 g/mol. The first kappa shape index (κ1) is 9.36. The minimum absolute atomic E-state index is 0.132. The molecule has 72 valence electrons. The molecule has 0 fully saturated rings. The molecule has 0 radical (unpaired) electrons. The maximum atomic E-state index is 10.9. The van der Waals surface area contributed by atoms with Gasteiger partial charge in [0.25, 0.3) is 0 Å². The third-order valence-electron chi connectivity index (χ3n) is 1.80. The molecule has 0 aliphatic carbocycles. The van der Waals surface area contributed by atoms with Gasteiger partial charge in [0, 0.05) is 12.7 Å². The van der Waals surface area contributed by atoms with Crippen molar-refractivity contribution in [2.24, 2.45) is 0 Å². The fourth-order valence-electron chi connectivity index (χ4n) is 1.08. The van der Waals surface area contributed by atoms with Crippen molar-refractivity contribution in [2.45, 2.75) is 0 Å². The van der Waals surface area contributed by atoms with Gasteiger partial charge in [-0.3, -0.25) is 4.79 Å². The Balaban J connectivity index is 2.33. The van der Waals surface area contributed by atoms with Crippen LogP contribution in [0.5, 0.6) is 0 Å². The van der Waals surface area contributed by atoms with Gasteiger partial charge in [0.05, 0.1) is 0 Å². The second-order valence-corrected chi connectivity index (χ2v) is 4.77. The lowest BCUT2D eigenvalue weighted by molar-refractivity contribution is 1.16. The molecule has 0 bridgehead atoms. The standard InChI is InChI=1S/C9H8N2OS2/c1-11(7-5-3-2-4-6-7)8-10-9(12)14-13-8/h2-6H,1H3. The number of para-hydroxylation sites is 1. The zero-order chi connectivity index (χ0) is 9.97. The van der Waals surface area contributed by atoms with Gasteiger partial charge in [-0.25, -0.2) is 0 Å². The quantitative estimate of drug-likeness (QED) is 0.734. The third-order valence-corrected chi connectivity index (χ3v) is 3.76. The highest BCUT2D eigenvalue weighted by molar-refractivity contribution is 7.69. The molecule has 1 aromatic heterocycles. The van der Waals surface area contributed by atoms with Crippen molar-refractivity contribution >= 4 is 31.5 Å². The summed E-state index contributed by atoms with van der Waals surface area (Å²) in [4.78, 5) is 16.6. The van der Waals surface area contributed by atoms with Gasteiger partial charge in [-0.1, -0.05) is 18.2 Å². The highest BCUT2D eigenvalue weighted by atomic mass is 32.9. The van der Waals surface area contributed by atoms with E-state index in [9.17, 15) is 4.79 Å². The molecule has 3 nitrogen and oxygen atoms in total. The van der Waals surface area contributed by atoms with E-state index in [0.717, 1.165) is 21.2 Å². The van der Waals surface area contributed by atoms with E-state index >= 15 is 0 Å². The lowest BCUT2D eigenvalue weighted by atomic mass is 10.3. The smallest absolute Gasteiger partial charge is 0.320 e. The largest absolute Gasteiger partial charge is 0.338 e. The van der Waals surface area contributed by atoms with E-state index in [-0.39, 0.29) is 4.87 Å². The van der Waals surface area contributed by atoms with Crippen LogP contribution in [0.4, 0.5) is 10.8 Å². The molecule has 0 spiro atoms. The lowest BCUT2D eigenvalue weighted by Gasteiger charge is -2.14. The summed E-state index contributed by atoms with van der Waals surface area (Å²) in [6.45, 7) is 0. The molecule has 14 heavy (non-hydrogen) atoms. The Bertz CT molecular complexity index is 463. The molecule has 0 atom stereocenters. The summed E-state index contributed by atoms with van der Waals surface area (Å²) in [7, 11) is 4.46. The molecule has 0 aliphatic heterocycles. The van der Waals surface area contributed by atoms with Crippen molar-refractivity contribution in [3.63, 3.8) is 0 Å². The maximum absolute atomic E-state index is 10.9. The molecule has 0 amide bonds. The highest BCUT2D eigenvalue weighted by Crippen LogP contribution is 2.25. The zero-order valence-corrected chi connectivity index (χ0v) is 9.14. The first-order valence-electron chi connectivity index (χ1n) is 4.03. The fraction of sp³-hybridized carbons (Fsp3) is 0.111. The summed E-state index contributed by atoms with van der Waals surface area (Å²) < 4.78 is 0. The molecule has 0 saturated heterocycles. The maximum Gasteiger partial charge on any atom is 0.338 e. The summed E-state index contributed by atoms with van der Waals surface area (Å²) in [5, 5.41) is 0.742. The van der Waals surface area contributed by atoms with E-state index in [1.54, 1.807) is 0 Å². The van der Waals surface area contributed by atoms with Crippen LogP contribution in [0, 0.1) is 0 Å². The number of rotatable bonds is 2. The van der Waals surface area contributed by atoms with E-state index in [4.69, 9.17) is 0 Å². The van der Waals surface area contributed by atoms with Crippen LogP contribution in [0.15, 0.2) is 35.1 Å². The third kappa shape index (κ3) is 1.83. The zero-order valence-electron chi connectivity index (χ0n) is 7.51. The number of anilines is 2. The van der Waals surface area contributed by atoms with Crippen molar-refractivity contribution in [1.29, 1.82) is 0 Å². The Kier molecular flexibility index (Phi) is 2.60. The molecule has 0 N–H and O–H groups in total. The van der Waals surface area contributed by atoms with Gasteiger partial charge in [0.2, 0.25) is 5.13 Å². The molecular weight excluding hydrogens is 216 g/mol. The van der Waals surface area contributed by atoms with Crippen molar-refractivity contribution in [3.05, 3.63) is 40.0 Å². The number of aromatic nitrogens is 1. The molecule has 1 heterocycles. The highest BCUT2D eigenvalue weighted by Gasteiger charge is 2.07. The average molecular weight is 224 g/mol. The molecule has 2 rings (SSSR count). The SMILES string of the molecule is CN(c1ccccc1)c1nc(=O)ss1. The molecule has 0 aliphatic rings. The second-order valence-electron chi connectivity index (χ2n) is 2.72. The summed E-state index contributed by atoms with van der Waals surface area (Å²) in [6.07, 6.45) is 0. The second kappa shape index (κ2) is 3.89. The van der Waals surface area contributed by atoms with Crippen molar-refractivity contribution in [3.8, 4) is 0 Å². The Morgan fingerprint density at radius 2 is 1.93 bits per heavy atom. The predicted octanol–water partition coefficient (Wildman–Crippen LogP) is 2.33. The summed E-state index contributed by atoms with van der Waals surface area (Å²) in [5.74, 6) is 0. The Morgan fingerprint density at radius 1 is 1.21 bits per heavy atom. The topological polar surface area (TPSA) is 33.2 Å². The molecule has 1 aromatic carbocycles. The van der Waals surface area contributed by atoms with Crippen LogP contribution in [-0.2, 0) is 0 Å². The first-order chi connectivity index (χ1) is 6.77. The van der Waals surface area contributed by atoms with E-state index < -0.39 is 0 Å². The van der Waals surface area contributed by atoms with Crippen LogP contribution in [-0.4, -0.2) is 12.0 Å². The lowest BCUT2D eigenvalue weighted by Crippen LogP contribution is -2.10. The minimum Gasteiger partial charge on any atom is -0.320 e. The van der Waals surface area contributed by atoms with E-state index in [2.05, 4.69) is 4.98 Å². The fourth-order valence-corrected chi connectivity index (χ4v) is 2.74. The first-order valence-corrected chi connectivity index (χ1v) is 6.18. The molecule has 2 aromatic rings. The van der Waals surface area contributed by atoms with Crippen molar-refractivity contribution in [2.75, 3.05) is 11.9 Å². The van der Waals surface area contributed by atoms with Crippen LogP contribution in [0.1, 0.15) is 0 Å². The predicted molar refractivity (Wildman–Crippen MR) is 60.8 cm³/mol. The van der Waals surface area contributed by atoms with Crippen molar-refractivity contribution in [1.82, 2.24) is 4.98 Å². The van der Waals surface area contributed by atoms with Gasteiger partial charge in [-0.05, 0) is 32.8 Å². The van der Waals surface area contributed by atoms with Crippen LogP contribution in [0.2, 0.25) is 0 Å². The Labute approximate surface area is 88.7 Å². The number of nitrogens with zero attached hydrogens (tertiary/aromatic N) is 2. The van der Waals surface area contributed by atoms with Gasteiger partial charge in [0.1, 0.15) is 0 Å². The van der Waals surface area contributed by atoms with E-state index in [1.807, 2.05) is 42.3 Å². The van der Waals surface area contributed by atoms with Gasteiger partial charge < -0.3 is 4.90 Å². The summed E-state index contributed by atoms with van der Waals surface area (Å²) in [5.41, 5.74) is 1.04. The van der Waals surface area contributed by atoms with Crippen LogP contribution in [0.25, 0.3) is 0 Å². The number of benzene rings is 1. The van der Waals surface area contributed by atoms with E-state index in [1.165, 1.54) is 10.3 Å². The van der Waals surface area contributed by atoms with Crippen molar-refractivity contribution < 1.29 is 0 Å². The summed E-state index contributed by atoms with van der Waals surface area (Å²) in [6, 6.07) is 9.84. The van der Waals surface area contributed by atoms with E-state index in [0.29, 0.717) is 0 Å².